The number of ether oxygens (including phenoxy) is 1. The van der Waals surface area contributed by atoms with Crippen molar-refractivity contribution in [1.82, 2.24) is 4.31 Å². The van der Waals surface area contributed by atoms with E-state index in [0.717, 1.165) is 19.3 Å². The topological polar surface area (TPSA) is 84.7 Å². The van der Waals surface area contributed by atoms with Crippen LogP contribution in [0, 0.1) is 0 Å². The minimum absolute atomic E-state index is 0.129. The number of hydrogen-bond acceptors (Lipinski definition) is 4. The molecule has 1 aromatic carbocycles. The SMILES string of the molecule is CCOc1ccccc1NS(=O)(=O)N1CCCCC1CN. The second-order valence-corrected chi connectivity index (χ2v) is 6.66. The molecular formula is C14H23N3O3S. The van der Waals surface area contributed by atoms with Crippen LogP contribution in [0.15, 0.2) is 24.3 Å². The van der Waals surface area contributed by atoms with E-state index in [9.17, 15) is 8.42 Å². The number of para-hydroxylation sites is 2. The molecule has 6 nitrogen and oxygen atoms in total. The molecule has 1 aromatic rings. The molecule has 0 aromatic heterocycles. The van der Waals surface area contributed by atoms with Gasteiger partial charge in [0.05, 0.1) is 12.3 Å². The summed E-state index contributed by atoms with van der Waals surface area (Å²) in [6, 6.07) is 6.90. The molecule has 7 heteroatoms. The molecule has 0 spiro atoms. The molecule has 1 heterocycles. The van der Waals surface area contributed by atoms with Gasteiger partial charge >= 0.3 is 10.2 Å². The molecule has 21 heavy (non-hydrogen) atoms. The number of benzene rings is 1. The summed E-state index contributed by atoms with van der Waals surface area (Å²) in [6.07, 6.45) is 2.69. The van der Waals surface area contributed by atoms with E-state index in [4.69, 9.17) is 10.5 Å². The third-order valence-corrected chi connectivity index (χ3v) is 5.16. The monoisotopic (exact) mass is 313 g/mol. The van der Waals surface area contributed by atoms with Gasteiger partial charge in [-0.1, -0.05) is 18.6 Å². The molecule has 1 saturated heterocycles. The van der Waals surface area contributed by atoms with Crippen LogP contribution in [0.2, 0.25) is 0 Å². The van der Waals surface area contributed by atoms with Gasteiger partial charge in [0.2, 0.25) is 0 Å². The Bertz CT molecular complexity index is 562. The number of rotatable bonds is 6. The first kappa shape index (κ1) is 16.1. The van der Waals surface area contributed by atoms with Crippen molar-refractivity contribution in [3.05, 3.63) is 24.3 Å². The minimum atomic E-state index is -3.62. The van der Waals surface area contributed by atoms with Crippen LogP contribution in [0.1, 0.15) is 26.2 Å². The molecule has 0 aliphatic carbocycles. The van der Waals surface area contributed by atoms with E-state index in [-0.39, 0.29) is 6.04 Å². The summed E-state index contributed by atoms with van der Waals surface area (Å²) in [4.78, 5) is 0. The van der Waals surface area contributed by atoms with Gasteiger partial charge < -0.3 is 10.5 Å². The van der Waals surface area contributed by atoms with Crippen molar-refractivity contribution in [2.24, 2.45) is 5.73 Å². The Balaban J connectivity index is 2.20. The Morgan fingerprint density at radius 3 is 2.86 bits per heavy atom. The van der Waals surface area contributed by atoms with Crippen LogP contribution < -0.4 is 15.2 Å². The lowest BCUT2D eigenvalue weighted by atomic mass is 10.1. The lowest BCUT2D eigenvalue weighted by Crippen LogP contribution is -2.49. The average molecular weight is 313 g/mol. The predicted molar refractivity (Wildman–Crippen MR) is 83.6 cm³/mol. The van der Waals surface area contributed by atoms with E-state index < -0.39 is 10.2 Å². The number of nitrogens with two attached hydrogens (primary N) is 1. The van der Waals surface area contributed by atoms with Gasteiger partial charge in [0.15, 0.2) is 0 Å². The third-order valence-electron chi connectivity index (χ3n) is 3.58. The summed E-state index contributed by atoms with van der Waals surface area (Å²) in [7, 11) is -3.62. The maximum absolute atomic E-state index is 12.6. The summed E-state index contributed by atoms with van der Waals surface area (Å²) >= 11 is 0. The molecule has 0 amide bonds. The number of nitrogens with one attached hydrogen (secondary N) is 1. The smallest absolute Gasteiger partial charge is 0.302 e. The average Bonchev–Trinajstić information content (AvgIpc) is 2.49. The number of nitrogens with zero attached hydrogens (tertiary/aromatic N) is 1. The van der Waals surface area contributed by atoms with Crippen LogP contribution in [-0.2, 0) is 10.2 Å². The molecule has 1 unspecified atom stereocenters. The fourth-order valence-corrected chi connectivity index (χ4v) is 4.07. The van der Waals surface area contributed by atoms with Crippen molar-refractivity contribution < 1.29 is 13.2 Å². The Kier molecular flexibility index (Phi) is 5.44. The highest BCUT2D eigenvalue weighted by Gasteiger charge is 2.31. The molecule has 0 bridgehead atoms. The molecule has 1 atom stereocenters. The van der Waals surface area contributed by atoms with Crippen molar-refractivity contribution in [2.45, 2.75) is 32.2 Å². The highest BCUT2D eigenvalue weighted by atomic mass is 32.2. The molecule has 1 aliphatic heterocycles. The van der Waals surface area contributed by atoms with Gasteiger partial charge in [0.25, 0.3) is 0 Å². The molecule has 3 N–H and O–H groups in total. The van der Waals surface area contributed by atoms with Crippen molar-refractivity contribution in [1.29, 1.82) is 0 Å². The number of anilines is 1. The third kappa shape index (κ3) is 3.87. The van der Waals surface area contributed by atoms with E-state index in [2.05, 4.69) is 4.72 Å². The fraction of sp³-hybridized carbons (Fsp3) is 0.571. The van der Waals surface area contributed by atoms with Crippen molar-refractivity contribution >= 4 is 15.9 Å². The zero-order valence-corrected chi connectivity index (χ0v) is 13.1. The van der Waals surface area contributed by atoms with Crippen LogP contribution in [-0.4, -0.2) is 38.5 Å². The summed E-state index contributed by atoms with van der Waals surface area (Å²) < 4.78 is 34.7. The van der Waals surface area contributed by atoms with Crippen molar-refractivity contribution in [3.8, 4) is 5.75 Å². The van der Waals surface area contributed by atoms with Crippen molar-refractivity contribution in [3.63, 3.8) is 0 Å². The summed E-state index contributed by atoms with van der Waals surface area (Å²) in [5.74, 6) is 0.532. The fourth-order valence-electron chi connectivity index (χ4n) is 2.56. The number of piperidine rings is 1. The quantitative estimate of drug-likeness (QED) is 0.834. The second kappa shape index (κ2) is 7.11. The van der Waals surface area contributed by atoms with Crippen LogP contribution in [0.4, 0.5) is 5.69 Å². The lowest BCUT2D eigenvalue weighted by molar-refractivity contribution is 0.259. The van der Waals surface area contributed by atoms with E-state index in [1.165, 1.54) is 4.31 Å². The Hall–Kier alpha value is -1.31. The largest absolute Gasteiger partial charge is 0.492 e. The second-order valence-electron chi connectivity index (χ2n) is 5.03. The molecular weight excluding hydrogens is 290 g/mol. The highest BCUT2D eigenvalue weighted by Crippen LogP contribution is 2.27. The van der Waals surface area contributed by atoms with Crippen LogP contribution in [0.5, 0.6) is 5.75 Å². The lowest BCUT2D eigenvalue weighted by Gasteiger charge is -2.34. The normalized spacial score (nSPS) is 20.2. The molecule has 1 aliphatic rings. The zero-order valence-electron chi connectivity index (χ0n) is 12.3. The van der Waals surface area contributed by atoms with Crippen molar-refractivity contribution in [2.75, 3.05) is 24.4 Å². The summed E-state index contributed by atoms with van der Waals surface area (Å²) in [6.45, 7) is 3.19. The standard InChI is InChI=1S/C14H23N3O3S/c1-2-20-14-9-4-3-8-13(14)16-21(18,19)17-10-6-5-7-12(17)11-15/h3-4,8-9,12,16H,2,5-7,10-11,15H2,1H3. The first-order valence-electron chi connectivity index (χ1n) is 7.30. The first-order valence-corrected chi connectivity index (χ1v) is 8.74. The van der Waals surface area contributed by atoms with Crippen LogP contribution >= 0.6 is 0 Å². The summed E-state index contributed by atoms with van der Waals surface area (Å²) in [5.41, 5.74) is 6.16. The van der Waals surface area contributed by atoms with Gasteiger partial charge in [-0.2, -0.15) is 12.7 Å². The van der Waals surface area contributed by atoms with E-state index in [1.807, 2.05) is 13.0 Å². The van der Waals surface area contributed by atoms with Gasteiger partial charge in [-0.15, -0.1) is 0 Å². The maximum atomic E-state index is 12.6. The summed E-state index contributed by atoms with van der Waals surface area (Å²) in [5, 5.41) is 0. The van der Waals surface area contributed by atoms with Gasteiger partial charge in [0, 0.05) is 19.1 Å². The van der Waals surface area contributed by atoms with E-state index in [0.29, 0.717) is 31.1 Å². The van der Waals surface area contributed by atoms with E-state index >= 15 is 0 Å². The Morgan fingerprint density at radius 1 is 1.38 bits per heavy atom. The zero-order chi connectivity index (χ0) is 15.3. The van der Waals surface area contributed by atoms with Gasteiger partial charge in [-0.25, -0.2) is 0 Å². The molecule has 1 fully saturated rings. The van der Waals surface area contributed by atoms with E-state index in [1.54, 1.807) is 18.2 Å². The van der Waals surface area contributed by atoms with Gasteiger partial charge in [0.1, 0.15) is 5.75 Å². The Morgan fingerprint density at radius 2 is 2.14 bits per heavy atom. The molecule has 118 valence electrons. The maximum Gasteiger partial charge on any atom is 0.302 e. The first-order chi connectivity index (χ1) is 10.1. The molecule has 0 saturated carbocycles. The number of hydrogen-bond donors (Lipinski definition) is 2. The van der Waals surface area contributed by atoms with Gasteiger partial charge in [-0.3, -0.25) is 4.72 Å². The Labute approximate surface area is 126 Å². The molecule has 0 radical (unpaired) electrons. The van der Waals surface area contributed by atoms with Crippen LogP contribution in [0.25, 0.3) is 0 Å². The minimum Gasteiger partial charge on any atom is -0.492 e. The predicted octanol–water partition coefficient (Wildman–Crippen LogP) is 1.56. The van der Waals surface area contributed by atoms with Crippen LogP contribution in [0.3, 0.4) is 0 Å². The molecule has 2 rings (SSSR count). The highest BCUT2D eigenvalue weighted by molar-refractivity contribution is 7.90. The van der Waals surface area contributed by atoms with Gasteiger partial charge in [-0.05, 0) is 31.9 Å².